The molecule has 0 heterocycles. The summed E-state index contributed by atoms with van der Waals surface area (Å²) in [5.41, 5.74) is 5.32. The molecular formula is C19H24O. The summed E-state index contributed by atoms with van der Waals surface area (Å²) in [4.78, 5) is 0. The smallest absolute Gasteiger partial charge is 0.126 e. The van der Waals surface area contributed by atoms with Crippen LogP contribution in [0.1, 0.15) is 50.7 Å². The topological polar surface area (TPSA) is 9.23 Å². The second-order valence-electron chi connectivity index (χ2n) is 5.82. The Bertz CT molecular complexity index is 556. The second-order valence-corrected chi connectivity index (χ2v) is 5.82. The SMILES string of the molecule is COc1ccccc1-c1c(C(C)C)cccc1C(C)C. The Morgan fingerprint density at radius 2 is 1.30 bits per heavy atom. The van der Waals surface area contributed by atoms with Crippen LogP contribution >= 0.6 is 0 Å². The Morgan fingerprint density at radius 3 is 1.80 bits per heavy atom. The van der Waals surface area contributed by atoms with Crippen molar-refractivity contribution in [3.63, 3.8) is 0 Å². The zero-order valence-corrected chi connectivity index (χ0v) is 13.1. The third-order valence-electron chi connectivity index (χ3n) is 3.75. The van der Waals surface area contributed by atoms with Gasteiger partial charge in [0.25, 0.3) is 0 Å². The van der Waals surface area contributed by atoms with Crippen LogP contribution < -0.4 is 4.74 Å². The number of hydrogen-bond acceptors (Lipinski definition) is 1. The largest absolute Gasteiger partial charge is 0.496 e. The molecule has 0 saturated carbocycles. The van der Waals surface area contributed by atoms with Crippen LogP contribution in [0.3, 0.4) is 0 Å². The number of para-hydroxylation sites is 1. The Morgan fingerprint density at radius 1 is 0.750 bits per heavy atom. The van der Waals surface area contributed by atoms with E-state index in [2.05, 4.69) is 58.0 Å². The van der Waals surface area contributed by atoms with Crippen LogP contribution in [0.25, 0.3) is 11.1 Å². The Kier molecular flexibility index (Phi) is 4.49. The predicted octanol–water partition coefficient (Wildman–Crippen LogP) is 5.61. The summed E-state index contributed by atoms with van der Waals surface area (Å²) in [6, 6.07) is 14.9. The zero-order chi connectivity index (χ0) is 14.7. The Labute approximate surface area is 122 Å². The van der Waals surface area contributed by atoms with Crippen LogP contribution in [0.15, 0.2) is 42.5 Å². The molecule has 0 aromatic heterocycles. The van der Waals surface area contributed by atoms with E-state index in [1.807, 2.05) is 12.1 Å². The molecule has 0 spiro atoms. The number of benzene rings is 2. The van der Waals surface area contributed by atoms with E-state index in [1.165, 1.54) is 22.3 Å². The molecule has 2 rings (SSSR count). The number of methoxy groups -OCH3 is 1. The summed E-state index contributed by atoms with van der Waals surface area (Å²) in [6.07, 6.45) is 0. The molecule has 1 nitrogen and oxygen atoms in total. The highest BCUT2D eigenvalue weighted by atomic mass is 16.5. The lowest BCUT2D eigenvalue weighted by Gasteiger charge is -2.21. The molecule has 2 aromatic rings. The molecule has 20 heavy (non-hydrogen) atoms. The van der Waals surface area contributed by atoms with Crippen molar-refractivity contribution in [3.05, 3.63) is 53.6 Å². The average molecular weight is 268 g/mol. The second kappa shape index (κ2) is 6.13. The van der Waals surface area contributed by atoms with Gasteiger partial charge in [-0.15, -0.1) is 0 Å². The molecule has 0 unspecified atom stereocenters. The number of ether oxygens (including phenoxy) is 1. The molecule has 0 atom stereocenters. The predicted molar refractivity (Wildman–Crippen MR) is 86.6 cm³/mol. The van der Waals surface area contributed by atoms with Gasteiger partial charge in [0.1, 0.15) is 5.75 Å². The fourth-order valence-electron chi connectivity index (χ4n) is 2.71. The van der Waals surface area contributed by atoms with E-state index in [4.69, 9.17) is 4.74 Å². The third kappa shape index (κ3) is 2.72. The van der Waals surface area contributed by atoms with Crippen molar-refractivity contribution in [1.82, 2.24) is 0 Å². The van der Waals surface area contributed by atoms with E-state index in [9.17, 15) is 0 Å². The van der Waals surface area contributed by atoms with Gasteiger partial charge in [-0.1, -0.05) is 64.1 Å². The highest BCUT2D eigenvalue weighted by Crippen LogP contribution is 2.40. The maximum Gasteiger partial charge on any atom is 0.126 e. The van der Waals surface area contributed by atoms with Crippen molar-refractivity contribution in [3.8, 4) is 16.9 Å². The lowest BCUT2D eigenvalue weighted by molar-refractivity contribution is 0.416. The van der Waals surface area contributed by atoms with Crippen LogP contribution in [-0.2, 0) is 0 Å². The van der Waals surface area contributed by atoms with Gasteiger partial charge in [0.2, 0.25) is 0 Å². The molecule has 0 radical (unpaired) electrons. The zero-order valence-electron chi connectivity index (χ0n) is 13.1. The summed E-state index contributed by atoms with van der Waals surface area (Å²) in [5.74, 6) is 1.93. The van der Waals surface area contributed by atoms with Crippen molar-refractivity contribution in [2.75, 3.05) is 7.11 Å². The first kappa shape index (κ1) is 14.6. The van der Waals surface area contributed by atoms with Crippen LogP contribution in [-0.4, -0.2) is 7.11 Å². The molecule has 1 heteroatoms. The van der Waals surface area contributed by atoms with Crippen LogP contribution in [0, 0.1) is 0 Å². The van der Waals surface area contributed by atoms with E-state index in [0.29, 0.717) is 11.8 Å². The van der Waals surface area contributed by atoms with Crippen LogP contribution in [0.5, 0.6) is 5.75 Å². The fraction of sp³-hybridized carbons (Fsp3) is 0.368. The van der Waals surface area contributed by atoms with Crippen LogP contribution in [0.4, 0.5) is 0 Å². The maximum atomic E-state index is 5.57. The first-order valence-electron chi connectivity index (χ1n) is 7.32. The molecule has 106 valence electrons. The summed E-state index contributed by atoms with van der Waals surface area (Å²) in [5, 5.41) is 0. The minimum absolute atomic E-state index is 0.494. The van der Waals surface area contributed by atoms with E-state index in [0.717, 1.165) is 5.75 Å². The lowest BCUT2D eigenvalue weighted by atomic mass is 9.85. The van der Waals surface area contributed by atoms with Gasteiger partial charge in [-0.3, -0.25) is 0 Å². The fourth-order valence-corrected chi connectivity index (χ4v) is 2.71. The number of rotatable bonds is 4. The van der Waals surface area contributed by atoms with Gasteiger partial charge in [0.15, 0.2) is 0 Å². The van der Waals surface area contributed by atoms with Gasteiger partial charge in [0.05, 0.1) is 7.11 Å². The van der Waals surface area contributed by atoms with Gasteiger partial charge >= 0.3 is 0 Å². The summed E-state index contributed by atoms with van der Waals surface area (Å²) in [6.45, 7) is 8.99. The van der Waals surface area contributed by atoms with Crippen molar-refractivity contribution >= 4 is 0 Å². The molecule has 0 N–H and O–H groups in total. The standard InChI is InChI=1S/C19H24O/c1-13(2)15-10-8-11-16(14(3)4)19(15)17-9-6-7-12-18(17)20-5/h6-14H,1-5H3. The summed E-state index contributed by atoms with van der Waals surface area (Å²) in [7, 11) is 1.74. The van der Waals surface area contributed by atoms with E-state index >= 15 is 0 Å². The van der Waals surface area contributed by atoms with Crippen molar-refractivity contribution < 1.29 is 4.74 Å². The quantitative estimate of drug-likeness (QED) is 0.700. The maximum absolute atomic E-state index is 5.57. The molecule has 0 amide bonds. The van der Waals surface area contributed by atoms with Crippen molar-refractivity contribution in [1.29, 1.82) is 0 Å². The monoisotopic (exact) mass is 268 g/mol. The van der Waals surface area contributed by atoms with E-state index in [-0.39, 0.29) is 0 Å². The minimum Gasteiger partial charge on any atom is -0.496 e. The molecule has 0 saturated heterocycles. The average Bonchev–Trinajstić information content (AvgIpc) is 2.46. The molecule has 2 aromatic carbocycles. The van der Waals surface area contributed by atoms with Gasteiger partial charge < -0.3 is 4.74 Å². The van der Waals surface area contributed by atoms with Crippen molar-refractivity contribution in [2.45, 2.75) is 39.5 Å². The molecule has 0 aliphatic carbocycles. The molecule has 0 aliphatic rings. The third-order valence-corrected chi connectivity index (χ3v) is 3.75. The van der Waals surface area contributed by atoms with Crippen LogP contribution in [0.2, 0.25) is 0 Å². The van der Waals surface area contributed by atoms with Gasteiger partial charge in [0, 0.05) is 5.56 Å². The molecule has 0 aliphatic heterocycles. The molecule has 0 bridgehead atoms. The summed E-state index contributed by atoms with van der Waals surface area (Å²) < 4.78 is 5.57. The first-order chi connectivity index (χ1) is 9.56. The highest BCUT2D eigenvalue weighted by Gasteiger charge is 2.17. The molecule has 0 fully saturated rings. The van der Waals surface area contributed by atoms with Gasteiger partial charge in [-0.2, -0.15) is 0 Å². The lowest BCUT2D eigenvalue weighted by Crippen LogP contribution is -2.01. The Balaban J connectivity index is 2.76. The van der Waals surface area contributed by atoms with Crippen molar-refractivity contribution in [2.24, 2.45) is 0 Å². The van der Waals surface area contributed by atoms with E-state index in [1.54, 1.807) is 7.11 Å². The minimum atomic E-state index is 0.494. The highest BCUT2D eigenvalue weighted by molar-refractivity contribution is 5.77. The first-order valence-corrected chi connectivity index (χ1v) is 7.32. The summed E-state index contributed by atoms with van der Waals surface area (Å²) >= 11 is 0. The number of hydrogen-bond donors (Lipinski definition) is 0. The normalized spacial score (nSPS) is 11.2. The van der Waals surface area contributed by atoms with Gasteiger partial charge in [-0.25, -0.2) is 0 Å². The Hall–Kier alpha value is -1.76. The van der Waals surface area contributed by atoms with Gasteiger partial charge in [-0.05, 0) is 34.6 Å². The van der Waals surface area contributed by atoms with E-state index < -0.39 is 0 Å². The molecular weight excluding hydrogens is 244 g/mol.